The zero-order valence-electron chi connectivity index (χ0n) is 11.3. The van der Waals surface area contributed by atoms with E-state index in [0.29, 0.717) is 6.54 Å². The van der Waals surface area contributed by atoms with Crippen molar-refractivity contribution in [3.63, 3.8) is 0 Å². The van der Waals surface area contributed by atoms with E-state index < -0.39 is 12.0 Å². The van der Waals surface area contributed by atoms with Gasteiger partial charge in [0.2, 0.25) is 0 Å². The summed E-state index contributed by atoms with van der Waals surface area (Å²) in [7, 11) is 1.70. The van der Waals surface area contributed by atoms with E-state index in [1.54, 1.807) is 11.9 Å². The van der Waals surface area contributed by atoms with E-state index in [-0.39, 0.29) is 12.5 Å². The van der Waals surface area contributed by atoms with Crippen molar-refractivity contribution in [1.29, 1.82) is 0 Å². The fourth-order valence-electron chi connectivity index (χ4n) is 1.81. The van der Waals surface area contributed by atoms with Gasteiger partial charge in [0.15, 0.2) is 0 Å². The summed E-state index contributed by atoms with van der Waals surface area (Å²) in [6, 6.07) is 8.37. The van der Waals surface area contributed by atoms with Crippen LogP contribution in [0.4, 0.5) is 4.79 Å². The topological polar surface area (TPSA) is 69.6 Å². The molecule has 0 aliphatic heterocycles. The first-order valence-corrected chi connectivity index (χ1v) is 6.33. The minimum absolute atomic E-state index is 0.129. The Morgan fingerprint density at radius 1 is 1.32 bits per heavy atom. The zero-order valence-corrected chi connectivity index (χ0v) is 11.3. The molecule has 2 amide bonds. The summed E-state index contributed by atoms with van der Waals surface area (Å²) in [6.45, 7) is 2.62. The lowest BCUT2D eigenvalue weighted by Crippen LogP contribution is -2.40. The van der Waals surface area contributed by atoms with Crippen LogP contribution in [0.25, 0.3) is 0 Å². The average Bonchev–Trinajstić information content (AvgIpc) is 2.38. The Balaban J connectivity index is 2.76. The van der Waals surface area contributed by atoms with E-state index in [2.05, 4.69) is 5.32 Å². The first-order chi connectivity index (χ1) is 9.04. The molecule has 1 aromatic rings. The second kappa shape index (κ2) is 7.41. The second-order valence-electron chi connectivity index (χ2n) is 4.43. The molecule has 0 saturated heterocycles. The molecule has 0 saturated carbocycles. The Bertz CT molecular complexity index is 420. The largest absolute Gasteiger partial charge is 0.481 e. The van der Waals surface area contributed by atoms with Crippen LogP contribution in [0.2, 0.25) is 0 Å². The lowest BCUT2D eigenvalue weighted by Gasteiger charge is -2.22. The number of aliphatic carboxylic acids is 1. The number of carboxylic acids is 1. The molecule has 19 heavy (non-hydrogen) atoms. The average molecular weight is 264 g/mol. The molecule has 5 nitrogen and oxygen atoms in total. The number of hydrogen-bond acceptors (Lipinski definition) is 2. The highest BCUT2D eigenvalue weighted by Gasteiger charge is 2.19. The van der Waals surface area contributed by atoms with Gasteiger partial charge < -0.3 is 15.3 Å². The summed E-state index contributed by atoms with van der Waals surface area (Å²) in [5.74, 6) is -0.938. The number of rotatable bonds is 6. The second-order valence-corrected chi connectivity index (χ2v) is 4.43. The molecule has 0 aliphatic carbocycles. The smallest absolute Gasteiger partial charge is 0.317 e. The minimum Gasteiger partial charge on any atom is -0.481 e. The summed E-state index contributed by atoms with van der Waals surface area (Å²) < 4.78 is 0. The lowest BCUT2D eigenvalue weighted by atomic mass is 10.0. The molecule has 1 aromatic carbocycles. The molecule has 0 aromatic heterocycles. The van der Waals surface area contributed by atoms with Crippen LogP contribution in [-0.2, 0) is 4.79 Å². The van der Waals surface area contributed by atoms with E-state index >= 15 is 0 Å². The van der Waals surface area contributed by atoms with Crippen molar-refractivity contribution in [2.75, 3.05) is 13.6 Å². The van der Waals surface area contributed by atoms with Gasteiger partial charge >= 0.3 is 12.0 Å². The Morgan fingerprint density at radius 2 is 1.95 bits per heavy atom. The van der Waals surface area contributed by atoms with E-state index in [0.717, 1.165) is 12.0 Å². The highest BCUT2D eigenvalue weighted by Crippen LogP contribution is 2.16. The van der Waals surface area contributed by atoms with Crippen molar-refractivity contribution < 1.29 is 14.7 Å². The van der Waals surface area contributed by atoms with Gasteiger partial charge in [-0.05, 0) is 12.0 Å². The number of nitrogens with one attached hydrogen (secondary N) is 1. The van der Waals surface area contributed by atoms with Crippen molar-refractivity contribution in [2.24, 2.45) is 0 Å². The first-order valence-electron chi connectivity index (χ1n) is 6.33. The maximum Gasteiger partial charge on any atom is 0.317 e. The number of nitrogens with zero attached hydrogens (tertiary/aromatic N) is 1. The number of benzene rings is 1. The van der Waals surface area contributed by atoms with Crippen LogP contribution >= 0.6 is 0 Å². The number of hydrogen-bond donors (Lipinski definition) is 2. The maximum absolute atomic E-state index is 11.9. The van der Waals surface area contributed by atoms with Gasteiger partial charge in [-0.15, -0.1) is 0 Å². The van der Waals surface area contributed by atoms with Crippen molar-refractivity contribution >= 4 is 12.0 Å². The zero-order chi connectivity index (χ0) is 14.3. The molecule has 1 atom stereocenters. The summed E-state index contributed by atoms with van der Waals surface area (Å²) >= 11 is 0. The van der Waals surface area contributed by atoms with Crippen molar-refractivity contribution in [2.45, 2.75) is 25.8 Å². The van der Waals surface area contributed by atoms with Gasteiger partial charge in [0.1, 0.15) is 0 Å². The SMILES string of the molecule is CCCN(C)C(=O)NC(CC(=O)O)c1ccccc1. The number of amides is 2. The van der Waals surface area contributed by atoms with Gasteiger partial charge in [-0.2, -0.15) is 0 Å². The van der Waals surface area contributed by atoms with Crippen LogP contribution in [0.3, 0.4) is 0 Å². The standard InChI is InChI=1S/C14H20N2O3/c1-3-9-16(2)14(19)15-12(10-13(17)18)11-7-5-4-6-8-11/h4-8,12H,3,9-10H2,1-2H3,(H,15,19)(H,17,18). The maximum atomic E-state index is 11.9. The molecule has 0 aliphatic rings. The minimum atomic E-state index is -0.938. The van der Waals surface area contributed by atoms with Gasteiger partial charge in [-0.1, -0.05) is 37.3 Å². The molecule has 0 heterocycles. The molecular formula is C14H20N2O3. The third kappa shape index (κ3) is 4.99. The van der Waals surface area contributed by atoms with E-state index in [9.17, 15) is 9.59 Å². The van der Waals surface area contributed by atoms with Crippen LogP contribution < -0.4 is 5.32 Å². The summed E-state index contributed by atoms with van der Waals surface area (Å²) in [5, 5.41) is 11.7. The van der Waals surface area contributed by atoms with Crippen LogP contribution in [0, 0.1) is 0 Å². The Hall–Kier alpha value is -2.04. The molecule has 104 valence electrons. The highest BCUT2D eigenvalue weighted by atomic mass is 16.4. The third-order valence-electron chi connectivity index (χ3n) is 2.78. The van der Waals surface area contributed by atoms with E-state index in [4.69, 9.17) is 5.11 Å². The quantitative estimate of drug-likeness (QED) is 0.828. The lowest BCUT2D eigenvalue weighted by molar-refractivity contribution is -0.137. The number of carbonyl (C=O) groups excluding carboxylic acids is 1. The van der Waals surface area contributed by atoms with Gasteiger partial charge in [-0.3, -0.25) is 4.79 Å². The Labute approximate surface area is 113 Å². The van der Waals surface area contributed by atoms with E-state index in [1.807, 2.05) is 37.3 Å². The number of carbonyl (C=O) groups is 2. The molecule has 0 fully saturated rings. The summed E-state index contributed by atoms with van der Waals surface area (Å²) in [4.78, 5) is 24.4. The molecule has 0 spiro atoms. The molecular weight excluding hydrogens is 244 g/mol. The molecule has 0 radical (unpaired) electrons. The fourth-order valence-corrected chi connectivity index (χ4v) is 1.81. The third-order valence-corrected chi connectivity index (χ3v) is 2.78. The molecule has 5 heteroatoms. The Morgan fingerprint density at radius 3 is 2.47 bits per heavy atom. The van der Waals surface area contributed by atoms with Crippen molar-refractivity contribution in [1.82, 2.24) is 10.2 Å². The number of carboxylic acid groups (broad SMARTS) is 1. The first kappa shape index (κ1) is 15.0. The molecule has 2 N–H and O–H groups in total. The predicted molar refractivity (Wildman–Crippen MR) is 72.9 cm³/mol. The molecule has 1 rings (SSSR count). The Kier molecular flexibility index (Phi) is 5.85. The van der Waals surface area contributed by atoms with Crippen LogP contribution in [0.1, 0.15) is 31.4 Å². The monoisotopic (exact) mass is 264 g/mol. The molecule has 0 bridgehead atoms. The predicted octanol–water partition coefficient (Wildman–Crippen LogP) is 2.25. The van der Waals surface area contributed by atoms with Gasteiger partial charge in [0, 0.05) is 13.6 Å². The van der Waals surface area contributed by atoms with Crippen LogP contribution in [-0.4, -0.2) is 35.6 Å². The highest BCUT2D eigenvalue weighted by molar-refractivity contribution is 5.76. The van der Waals surface area contributed by atoms with Crippen molar-refractivity contribution in [3.8, 4) is 0 Å². The number of urea groups is 1. The van der Waals surface area contributed by atoms with Crippen LogP contribution in [0.15, 0.2) is 30.3 Å². The van der Waals surface area contributed by atoms with Crippen LogP contribution in [0.5, 0.6) is 0 Å². The van der Waals surface area contributed by atoms with Gasteiger partial charge in [0.25, 0.3) is 0 Å². The normalized spacial score (nSPS) is 11.7. The fraction of sp³-hybridized carbons (Fsp3) is 0.429. The van der Waals surface area contributed by atoms with Crippen molar-refractivity contribution in [3.05, 3.63) is 35.9 Å². The van der Waals surface area contributed by atoms with E-state index in [1.165, 1.54) is 0 Å². The summed E-state index contributed by atoms with van der Waals surface area (Å²) in [5.41, 5.74) is 0.795. The molecule has 1 unspecified atom stereocenters. The summed E-state index contributed by atoms with van der Waals surface area (Å²) in [6.07, 6.45) is 0.731. The van der Waals surface area contributed by atoms with Gasteiger partial charge in [-0.25, -0.2) is 4.79 Å². The van der Waals surface area contributed by atoms with Gasteiger partial charge in [0.05, 0.1) is 12.5 Å².